The lowest BCUT2D eigenvalue weighted by Gasteiger charge is -2.27. The molecular formula is C23H27N3O3. The monoisotopic (exact) mass is 393 g/mol. The van der Waals surface area contributed by atoms with Gasteiger partial charge in [-0.15, -0.1) is 0 Å². The van der Waals surface area contributed by atoms with Crippen molar-refractivity contribution in [1.82, 2.24) is 15.3 Å². The van der Waals surface area contributed by atoms with Gasteiger partial charge < -0.3 is 20.3 Å². The first kappa shape index (κ1) is 18.7. The zero-order valence-electron chi connectivity index (χ0n) is 16.7. The van der Waals surface area contributed by atoms with Crippen molar-refractivity contribution in [3.05, 3.63) is 58.7 Å². The van der Waals surface area contributed by atoms with Crippen molar-refractivity contribution in [3.63, 3.8) is 0 Å². The third-order valence-corrected chi connectivity index (χ3v) is 6.70. The number of hydrogen-bond acceptors (Lipinski definition) is 6. The van der Waals surface area contributed by atoms with Crippen molar-refractivity contribution in [1.29, 1.82) is 0 Å². The average molecular weight is 393 g/mol. The highest BCUT2D eigenvalue weighted by Crippen LogP contribution is 2.44. The van der Waals surface area contributed by atoms with Crippen LogP contribution in [-0.2, 0) is 13.0 Å². The SMILES string of the molecule is Cc1ncnc2c1C=CC2C1CC(Oc2cccc3c2CNC(C)C3)C(O)C1O. The fourth-order valence-electron chi connectivity index (χ4n) is 5.06. The van der Waals surface area contributed by atoms with Crippen LogP contribution < -0.4 is 10.1 Å². The van der Waals surface area contributed by atoms with E-state index in [1.807, 2.05) is 25.1 Å². The summed E-state index contributed by atoms with van der Waals surface area (Å²) in [4.78, 5) is 8.72. The maximum atomic E-state index is 10.8. The van der Waals surface area contributed by atoms with Crippen LogP contribution in [0.25, 0.3) is 6.08 Å². The number of aromatic nitrogens is 2. The van der Waals surface area contributed by atoms with Crippen molar-refractivity contribution in [2.24, 2.45) is 5.92 Å². The fraction of sp³-hybridized carbons (Fsp3) is 0.478. The lowest BCUT2D eigenvalue weighted by Crippen LogP contribution is -2.36. The Labute approximate surface area is 170 Å². The summed E-state index contributed by atoms with van der Waals surface area (Å²) in [5.41, 5.74) is 5.35. The summed E-state index contributed by atoms with van der Waals surface area (Å²) in [6.07, 6.45) is 5.00. The highest BCUT2D eigenvalue weighted by Gasteiger charge is 2.47. The molecule has 0 amide bonds. The molecule has 1 saturated carbocycles. The van der Waals surface area contributed by atoms with Gasteiger partial charge in [0.2, 0.25) is 0 Å². The first-order chi connectivity index (χ1) is 14.0. The van der Waals surface area contributed by atoms with Gasteiger partial charge in [0, 0.05) is 41.2 Å². The van der Waals surface area contributed by atoms with Crippen molar-refractivity contribution < 1.29 is 14.9 Å². The molecule has 2 aliphatic carbocycles. The Kier molecular flexibility index (Phi) is 4.65. The molecular weight excluding hydrogens is 366 g/mol. The standard InChI is InChI=1S/C23H27N3O3/c1-12-8-14-4-3-5-19(18(14)10-24-12)29-20-9-17(22(27)23(20)28)16-7-6-15-13(2)25-11-26-21(15)16/h3-7,11-12,16-17,20,22-24,27-28H,8-10H2,1-2H3. The van der Waals surface area contributed by atoms with Gasteiger partial charge in [0.1, 0.15) is 24.3 Å². The summed E-state index contributed by atoms with van der Waals surface area (Å²) in [6.45, 7) is 4.90. The van der Waals surface area contributed by atoms with Gasteiger partial charge in [0.05, 0.1) is 11.8 Å². The summed E-state index contributed by atoms with van der Waals surface area (Å²) in [6, 6.07) is 6.56. The van der Waals surface area contributed by atoms with E-state index < -0.39 is 18.3 Å². The molecule has 0 saturated heterocycles. The first-order valence-electron chi connectivity index (χ1n) is 10.4. The molecule has 1 aromatic heterocycles. The second-order valence-electron chi connectivity index (χ2n) is 8.56. The molecule has 0 radical (unpaired) electrons. The van der Waals surface area contributed by atoms with E-state index in [2.05, 4.69) is 34.4 Å². The second kappa shape index (κ2) is 7.20. The van der Waals surface area contributed by atoms with Crippen LogP contribution in [0, 0.1) is 12.8 Å². The van der Waals surface area contributed by atoms with Crippen molar-refractivity contribution in [3.8, 4) is 5.75 Å². The van der Waals surface area contributed by atoms with Crippen LogP contribution >= 0.6 is 0 Å². The number of allylic oxidation sites excluding steroid dienone is 1. The van der Waals surface area contributed by atoms with E-state index in [1.54, 1.807) is 6.33 Å². The Morgan fingerprint density at radius 3 is 2.90 bits per heavy atom. The number of aliphatic hydroxyl groups excluding tert-OH is 2. The van der Waals surface area contributed by atoms with Gasteiger partial charge in [0.25, 0.3) is 0 Å². The Morgan fingerprint density at radius 2 is 2.03 bits per heavy atom. The van der Waals surface area contributed by atoms with Crippen LogP contribution in [0.2, 0.25) is 0 Å². The van der Waals surface area contributed by atoms with Crippen LogP contribution in [-0.4, -0.2) is 44.5 Å². The van der Waals surface area contributed by atoms with E-state index in [-0.39, 0.29) is 11.8 Å². The summed E-state index contributed by atoms with van der Waals surface area (Å²) in [5, 5.41) is 25.0. The normalized spacial score (nSPS) is 32.8. The van der Waals surface area contributed by atoms with E-state index in [0.29, 0.717) is 12.5 Å². The number of benzene rings is 1. The molecule has 5 rings (SSSR count). The minimum atomic E-state index is -0.924. The van der Waals surface area contributed by atoms with Gasteiger partial charge >= 0.3 is 0 Å². The maximum absolute atomic E-state index is 10.8. The van der Waals surface area contributed by atoms with Crippen LogP contribution in [0.3, 0.4) is 0 Å². The first-order valence-corrected chi connectivity index (χ1v) is 10.4. The van der Waals surface area contributed by atoms with E-state index in [9.17, 15) is 10.2 Å². The molecule has 0 bridgehead atoms. The van der Waals surface area contributed by atoms with Crippen molar-refractivity contribution in [2.45, 2.75) is 63.5 Å². The number of fused-ring (bicyclic) bond motifs is 2. The topological polar surface area (TPSA) is 87.5 Å². The quantitative estimate of drug-likeness (QED) is 0.740. The Balaban J connectivity index is 1.38. The zero-order chi connectivity index (χ0) is 20.1. The summed E-state index contributed by atoms with van der Waals surface area (Å²) >= 11 is 0. The number of rotatable bonds is 3. The predicted octanol–water partition coefficient (Wildman–Crippen LogP) is 2.12. The second-order valence-corrected chi connectivity index (χ2v) is 8.56. The molecule has 3 N–H and O–H groups in total. The smallest absolute Gasteiger partial charge is 0.127 e. The third kappa shape index (κ3) is 3.16. The lowest BCUT2D eigenvalue weighted by molar-refractivity contribution is -0.0196. The number of nitrogens with one attached hydrogen (secondary N) is 1. The zero-order valence-corrected chi connectivity index (χ0v) is 16.7. The minimum Gasteiger partial charge on any atom is -0.487 e. The maximum Gasteiger partial charge on any atom is 0.127 e. The van der Waals surface area contributed by atoms with Gasteiger partial charge in [-0.25, -0.2) is 9.97 Å². The van der Waals surface area contributed by atoms with Crippen LogP contribution in [0.5, 0.6) is 5.75 Å². The van der Waals surface area contributed by atoms with Gasteiger partial charge in [0.15, 0.2) is 0 Å². The van der Waals surface area contributed by atoms with Gasteiger partial charge in [-0.3, -0.25) is 0 Å². The largest absolute Gasteiger partial charge is 0.487 e. The van der Waals surface area contributed by atoms with Crippen molar-refractivity contribution >= 4 is 6.08 Å². The third-order valence-electron chi connectivity index (χ3n) is 6.70. The van der Waals surface area contributed by atoms with Crippen LogP contribution in [0.1, 0.15) is 47.3 Å². The molecule has 6 nitrogen and oxygen atoms in total. The van der Waals surface area contributed by atoms with E-state index in [4.69, 9.17) is 4.74 Å². The predicted molar refractivity (Wildman–Crippen MR) is 110 cm³/mol. The van der Waals surface area contributed by atoms with Crippen LogP contribution in [0.15, 0.2) is 30.6 Å². The highest BCUT2D eigenvalue weighted by molar-refractivity contribution is 5.62. The van der Waals surface area contributed by atoms with Gasteiger partial charge in [-0.2, -0.15) is 0 Å². The number of aliphatic hydroxyl groups is 2. The van der Waals surface area contributed by atoms with Crippen LogP contribution in [0.4, 0.5) is 0 Å². The minimum absolute atomic E-state index is 0.0304. The molecule has 1 fully saturated rings. The Bertz CT molecular complexity index is 960. The number of hydrogen-bond donors (Lipinski definition) is 3. The lowest BCUT2D eigenvalue weighted by atomic mass is 9.87. The fourth-order valence-corrected chi connectivity index (χ4v) is 5.06. The van der Waals surface area contributed by atoms with Gasteiger partial charge in [-0.05, 0) is 38.3 Å². The highest BCUT2D eigenvalue weighted by atomic mass is 16.5. The van der Waals surface area contributed by atoms with Gasteiger partial charge in [-0.1, -0.05) is 24.3 Å². The molecule has 1 aromatic carbocycles. The molecule has 2 aromatic rings. The number of nitrogens with zero attached hydrogens (tertiary/aromatic N) is 2. The summed E-state index contributed by atoms with van der Waals surface area (Å²) in [5.74, 6) is 0.635. The molecule has 0 spiro atoms. The Hall–Kier alpha value is -2.28. The number of ether oxygens (including phenoxy) is 1. The molecule has 6 atom stereocenters. The summed E-state index contributed by atoms with van der Waals surface area (Å²) in [7, 11) is 0. The molecule has 3 aliphatic rings. The summed E-state index contributed by atoms with van der Waals surface area (Å²) < 4.78 is 6.29. The van der Waals surface area contributed by atoms with Crippen molar-refractivity contribution in [2.75, 3.05) is 0 Å². The Morgan fingerprint density at radius 1 is 1.17 bits per heavy atom. The molecule has 2 heterocycles. The van der Waals surface area contributed by atoms with E-state index in [0.717, 1.165) is 41.2 Å². The number of aryl methyl sites for hydroxylation is 1. The molecule has 29 heavy (non-hydrogen) atoms. The average Bonchev–Trinajstić information content (AvgIpc) is 3.25. The van der Waals surface area contributed by atoms with E-state index in [1.165, 1.54) is 5.56 Å². The molecule has 6 unspecified atom stereocenters. The molecule has 1 aliphatic heterocycles. The molecule has 152 valence electrons. The van der Waals surface area contributed by atoms with E-state index >= 15 is 0 Å². The molecule has 6 heteroatoms.